The maximum absolute atomic E-state index is 11.1. The van der Waals surface area contributed by atoms with Crippen molar-refractivity contribution < 1.29 is 10.0 Å². The van der Waals surface area contributed by atoms with E-state index in [1.807, 2.05) is 43.4 Å². The van der Waals surface area contributed by atoms with E-state index in [9.17, 15) is 4.79 Å². The minimum absolute atomic E-state index is 0.560. The third-order valence-electron chi connectivity index (χ3n) is 3.61. The average Bonchev–Trinajstić information content (AvgIpc) is 2.94. The lowest BCUT2D eigenvalue weighted by Gasteiger charge is -2.02. The number of hydrogen-bond donors (Lipinski definition) is 2. The van der Waals surface area contributed by atoms with Crippen LogP contribution in [0.1, 0.15) is 11.1 Å². The Hall–Kier alpha value is -2.57. The number of imidazole rings is 1. The monoisotopic (exact) mass is 339 g/mol. The highest BCUT2D eigenvalue weighted by molar-refractivity contribution is 7.98. The van der Waals surface area contributed by atoms with Gasteiger partial charge in [0.15, 0.2) is 5.16 Å². The van der Waals surface area contributed by atoms with Crippen molar-refractivity contribution >= 4 is 34.8 Å². The Bertz CT molecular complexity index is 888. The summed E-state index contributed by atoms with van der Waals surface area (Å²) < 4.78 is 2.07. The fraction of sp³-hybridized carbons (Fsp3) is 0.111. The number of benzene rings is 2. The normalized spacial score (nSPS) is 11.2. The van der Waals surface area contributed by atoms with Crippen molar-refractivity contribution in [1.29, 1.82) is 0 Å². The number of rotatable bonds is 5. The summed E-state index contributed by atoms with van der Waals surface area (Å²) in [6.07, 6.45) is 2.91. The molecule has 1 heterocycles. The van der Waals surface area contributed by atoms with Gasteiger partial charge in [-0.05, 0) is 29.3 Å². The van der Waals surface area contributed by atoms with Gasteiger partial charge in [0.05, 0.1) is 11.0 Å². The molecule has 0 radical (unpaired) electrons. The number of nitrogens with zero attached hydrogens (tertiary/aromatic N) is 2. The lowest BCUT2D eigenvalue weighted by atomic mass is 10.2. The standard InChI is InChI=1S/C18H17N3O2S/c1-21-16-9-7-13(8-10-17(22)20-23)11-15(16)19-18(21)24-12-14-5-3-2-4-6-14/h2-11,23H,12H2,1H3,(H,20,22). The van der Waals surface area contributed by atoms with Gasteiger partial charge in [0, 0.05) is 18.9 Å². The maximum Gasteiger partial charge on any atom is 0.267 e. The van der Waals surface area contributed by atoms with Gasteiger partial charge in [-0.25, -0.2) is 10.5 Å². The number of aromatic nitrogens is 2. The molecule has 3 aromatic rings. The summed E-state index contributed by atoms with van der Waals surface area (Å²) in [6, 6.07) is 16.1. The summed E-state index contributed by atoms with van der Waals surface area (Å²) in [5.74, 6) is 0.303. The molecule has 0 aliphatic heterocycles. The quantitative estimate of drug-likeness (QED) is 0.324. The van der Waals surface area contributed by atoms with Crippen LogP contribution >= 0.6 is 11.8 Å². The molecule has 0 bridgehead atoms. The molecule has 1 amide bonds. The molecule has 0 saturated carbocycles. The fourth-order valence-electron chi connectivity index (χ4n) is 2.36. The van der Waals surface area contributed by atoms with Gasteiger partial charge in [0.2, 0.25) is 0 Å². The van der Waals surface area contributed by atoms with Crippen LogP contribution in [0, 0.1) is 0 Å². The number of thioether (sulfide) groups is 1. The maximum atomic E-state index is 11.1. The number of amides is 1. The van der Waals surface area contributed by atoms with E-state index in [1.165, 1.54) is 11.6 Å². The average molecular weight is 339 g/mol. The number of carbonyl (C=O) groups excluding carboxylic acids is 1. The Kier molecular flexibility index (Phi) is 4.98. The van der Waals surface area contributed by atoms with Gasteiger partial charge < -0.3 is 4.57 Å². The zero-order valence-electron chi connectivity index (χ0n) is 13.1. The van der Waals surface area contributed by atoms with E-state index in [0.29, 0.717) is 0 Å². The molecule has 0 fully saturated rings. The van der Waals surface area contributed by atoms with Crippen LogP contribution in [0.15, 0.2) is 59.8 Å². The molecule has 2 N–H and O–H groups in total. The number of carbonyl (C=O) groups is 1. The molecule has 0 aliphatic rings. The van der Waals surface area contributed by atoms with Crippen molar-refractivity contribution in [2.24, 2.45) is 7.05 Å². The first-order chi connectivity index (χ1) is 11.7. The van der Waals surface area contributed by atoms with E-state index in [2.05, 4.69) is 21.7 Å². The first-order valence-electron chi connectivity index (χ1n) is 7.43. The topological polar surface area (TPSA) is 67.2 Å². The summed E-state index contributed by atoms with van der Waals surface area (Å²) in [5.41, 5.74) is 5.59. The molecule has 24 heavy (non-hydrogen) atoms. The first-order valence-corrected chi connectivity index (χ1v) is 8.41. The lowest BCUT2D eigenvalue weighted by Crippen LogP contribution is -2.14. The van der Waals surface area contributed by atoms with Gasteiger partial charge in [-0.15, -0.1) is 0 Å². The molecule has 122 valence electrons. The highest BCUT2D eigenvalue weighted by Gasteiger charge is 2.08. The predicted molar refractivity (Wildman–Crippen MR) is 95.7 cm³/mol. The van der Waals surface area contributed by atoms with Crippen LogP contribution in [-0.4, -0.2) is 20.7 Å². The predicted octanol–water partition coefficient (Wildman–Crippen LogP) is 3.38. The molecule has 0 spiro atoms. The Morgan fingerprint density at radius 2 is 2.08 bits per heavy atom. The van der Waals surface area contributed by atoms with Crippen LogP contribution in [0.25, 0.3) is 17.1 Å². The minimum Gasteiger partial charge on any atom is -0.322 e. The smallest absolute Gasteiger partial charge is 0.267 e. The van der Waals surface area contributed by atoms with Crippen molar-refractivity contribution in [1.82, 2.24) is 15.0 Å². The van der Waals surface area contributed by atoms with Gasteiger partial charge >= 0.3 is 0 Å². The van der Waals surface area contributed by atoms with E-state index in [-0.39, 0.29) is 0 Å². The number of nitrogens with one attached hydrogen (secondary N) is 1. The second-order valence-corrected chi connectivity index (χ2v) is 6.23. The number of fused-ring (bicyclic) bond motifs is 1. The second-order valence-electron chi connectivity index (χ2n) is 5.29. The van der Waals surface area contributed by atoms with Crippen molar-refractivity contribution in [3.63, 3.8) is 0 Å². The zero-order valence-corrected chi connectivity index (χ0v) is 14.0. The summed E-state index contributed by atoms with van der Waals surface area (Å²) in [7, 11) is 2.00. The molecule has 6 heteroatoms. The lowest BCUT2D eigenvalue weighted by molar-refractivity contribution is -0.124. The molecule has 0 aliphatic carbocycles. The SMILES string of the molecule is Cn1c(SCc2ccccc2)nc2cc(C=CC(=O)NO)ccc21. The third kappa shape index (κ3) is 3.67. The molecular weight excluding hydrogens is 322 g/mol. The molecule has 0 saturated heterocycles. The zero-order chi connectivity index (χ0) is 16.9. The third-order valence-corrected chi connectivity index (χ3v) is 4.71. The molecule has 3 rings (SSSR count). The molecule has 0 unspecified atom stereocenters. The van der Waals surface area contributed by atoms with Crippen molar-refractivity contribution in [3.8, 4) is 0 Å². The number of aryl methyl sites for hydroxylation is 1. The van der Waals surface area contributed by atoms with Crippen LogP contribution in [0.5, 0.6) is 0 Å². The van der Waals surface area contributed by atoms with E-state index in [1.54, 1.807) is 23.3 Å². The van der Waals surface area contributed by atoms with Crippen molar-refractivity contribution in [2.75, 3.05) is 0 Å². The summed E-state index contributed by atoms with van der Waals surface area (Å²) in [6.45, 7) is 0. The summed E-state index contributed by atoms with van der Waals surface area (Å²) in [5, 5.41) is 9.46. The minimum atomic E-state index is -0.560. The Labute approximate surface area is 144 Å². The van der Waals surface area contributed by atoms with Gasteiger partial charge in [-0.1, -0.05) is 48.2 Å². The highest BCUT2D eigenvalue weighted by Crippen LogP contribution is 2.26. The van der Waals surface area contributed by atoms with E-state index < -0.39 is 5.91 Å². The van der Waals surface area contributed by atoms with E-state index in [4.69, 9.17) is 5.21 Å². The molecule has 0 atom stereocenters. The van der Waals surface area contributed by atoms with E-state index in [0.717, 1.165) is 27.5 Å². The van der Waals surface area contributed by atoms with Crippen LogP contribution in [0.4, 0.5) is 0 Å². The largest absolute Gasteiger partial charge is 0.322 e. The summed E-state index contributed by atoms with van der Waals surface area (Å²) >= 11 is 1.69. The highest BCUT2D eigenvalue weighted by atomic mass is 32.2. The number of hydrogen-bond acceptors (Lipinski definition) is 4. The van der Waals surface area contributed by atoms with Crippen LogP contribution in [-0.2, 0) is 17.6 Å². The van der Waals surface area contributed by atoms with Gasteiger partial charge in [0.1, 0.15) is 0 Å². The van der Waals surface area contributed by atoms with Crippen LogP contribution in [0.3, 0.4) is 0 Å². The second kappa shape index (κ2) is 7.33. The fourth-order valence-corrected chi connectivity index (χ4v) is 3.30. The number of hydroxylamine groups is 1. The summed E-state index contributed by atoms with van der Waals surface area (Å²) in [4.78, 5) is 15.7. The van der Waals surface area contributed by atoms with Crippen LogP contribution in [0.2, 0.25) is 0 Å². The van der Waals surface area contributed by atoms with E-state index >= 15 is 0 Å². The molecule has 5 nitrogen and oxygen atoms in total. The molecule has 1 aromatic heterocycles. The first kappa shape index (κ1) is 16.3. The van der Waals surface area contributed by atoms with Crippen molar-refractivity contribution in [2.45, 2.75) is 10.9 Å². The van der Waals surface area contributed by atoms with Gasteiger partial charge in [-0.2, -0.15) is 0 Å². The van der Waals surface area contributed by atoms with Crippen LogP contribution < -0.4 is 5.48 Å². The Balaban J connectivity index is 1.81. The molecule has 2 aromatic carbocycles. The molecular formula is C18H17N3O2S. The van der Waals surface area contributed by atoms with Crippen molar-refractivity contribution in [3.05, 3.63) is 65.7 Å². The Morgan fingerprint density at radius 3 is 2.83 bits per heavy atom. The Morgan fingerprint density at radius 1 is 1.29 bits per heavy atom. The van der Waals surface area contributed by atoms with Gasteiger partial charge in [-0.3, -0.25) is 10.0 Å². The van der Waals surface area contributed by atoms with Gasteiger partial charge in [0.25, 0.3) is 5.91 Å².